The number of amides is 1. The second-order valence-corrected chi connectivity index (χ2v) is 6.08. The van der Waals surface area contributed by atoms with Gasteiger partial charge in [0.1, 0.15) is 5.58 Å². The predicted octanol–water partition coefficient (Wildman–Crippen LogP) is 3.22. The summed E-state index contributed by atoms with van der Waals surface area (Å²) in [5.74, 6) is 0.321. The van der Waals surface area contributed by atoms with E-state index in [2.05, 4.69) is 0 Å². The maximum absolute atomic E-state index is 12.5. The van der Waals surface area contributed by atoms with E-state index in [1.54, 1.807) is 11.9 Å². The number of carbonyl (C=O) groups excluding carboxylic acids is 1. The Morgan fingerprint density at radius 2 is 1.95 bits per heavy atom. The molecule has 116 valence electrons. The number of furan rings is 1. The van der Waals surface area contributed by atoms with Gasteiger partial charge in [0.05, 0.1) is 0 Å². The zero-order valence-corrected chi connectivity index (χ0v) is 13.8. The molecular weight excluding hydrogens is 288 g/mol. The average molecular weight is 311 g/mol. The second kappa shape index (κ2) is 6.50. The number of aryl methyl sites for hydroxylation is 1. The largest absolute Gasteiger partial charge is 0.451 e. The molecule has 0 spiro atoms. The molecule has 1 heterocycles. The van der Waals surface area contributed by atoms with Gasteiger partial charge in [0.25, 0.3) is 5.91 Å². The normalized spacial score (nSPS) is 11.3. The summed E-state index contributed by atoms with van der Waals surface area (Å²) >= 11 is 0. The molecule has 4 nitrogen and oxygen atoms in total. The Bertz CT molecular complexity index is 634. The van der Waals surface area contributed by atoms with Crippen LogP contribution in [0.4, 0.5) is 0 Å². The van der Waals surface area contributed by atoms with Crippen molar-refractivity contribution in [2.24, 2.45) is 11.1 Å². The smallest absolute Gasteiger partial charge is 0.289 e. The van der Waals surface area contributed by atoms with Gasteiger partial charge in [-0.25, -0.2) is 0 Å². The molecule has 0 radical (unpaired) electrons. The molecule has 1 aromatic carbocycles. The Balaban J connectivity index is 0.00000220. The van der Waals surface area contributed by atoms with Crippen LogP contribution in [0.2, 0.25) is 0 Å². The molecule has 2 aromatic rings. The quantitative estimate of drug-likeness (QED) is 0.943. The summed E-state index contributed by atoms with van der Waals surface area (Å²) in [5, 5.41) is 0.988. The van der Waals surface area contributed by atoms with E-state index in [0.29, 0.717) is 18.8 Å². The minimum Gasteiger partial charge on any atom is -0.451 e. The lowest BCUT2D eigenvalue weighted by Gasteiger charge is -2.28. The first-order valence-corrected chi connectivity index (χ1v) is 6.79. The fraction of sp³-hybridized carbons (Fsp3) is 0.438. The van der Waals surface area contributed by atoms with Crippen LogP contribution in [0.25, 0.3) is 11.0 Å². The minimum absolute atomic E-state index is 0. The lowest BCUT2D eigenvalue weighted by atomic mass is 9.93. The molecule has 0 bridgehead atoms. The molecule has 0 saturated carbocycles. The van der Waals surface area contributed by atoms with Crippen LogP contribution in [0, 0.1) is 12.3 Å². The molecule has 0 saturated heterocycles. The fourth-order valence-corrected chi connectivity index (χ4v) is 2.33. The van der Waals surface area contributed by atoms with Gasteiger partial charge in [-0.15, -0.1) is 12.4 Å². The molecule has 0 atom stereocenters. The van der Waals surface area contributed by atoms with E-state index in [9.17, 15) is 4.79 Å². The van der Waals surface area contributed by atoms with Gasteiger partial charge < -0.3 is 15.1 Å². The molecule has 0 fully saturated rings. The van der Waals surface area contributed by atoms with E-state index in [1.807, 2.05) is 45.0 Å². The number of para-hydroxylation sites is 1. The first-order valence-electron chi connectivity index (χ1n) is 6.79. The highest BCUT2D eigenvalue weighted by Crippen LogP contribution is 2.26. The SMILES string of the molecule is Cc1c(C(=O)N(C)CC(C)(C)CN)oc2ccccc12.Cl. The zero-order valence-electron chi connectivity index (χ0n) is 13.0. The third-order valence-electron chi connectivity index (χ3n) is 3.60. The van der Waals surface area contributed by atoms with Crippen molar-refractivity contribution in [2.75, 3.05) is 20.1 Å². The van der Waals surface area contributed by atoms with E-state index in [-0.39, 0.29) is 23.7 Å². The van der Waals surface area contributed by atoms with Gasteiger partial charge in [0, 0.05) is 24.5 Å². The molecule has 0 aliphatic heterocycles. The van der Waals surface area contributed by atoms with E-state index in [4.69, 9.17) is 10.2 Å². The van der Waals surface area contributed by atoms with Crippen molar-refractivity contribution in [3.63, 3.8) is 0 Å². The number of fused-ring (bicyclic) bond motifs is 1. The zero-order chi connectivity index (χ0) is 14.9. The number of hydrogen-bond donors (Lipinski definition) is 1. The second-order valence-electron chi connectivity index (χ2n) is 6.08. The Morgan fingerprint density at radius 3 is 2.52 bits per heavy atom. The monoisotopic (exact) mass is 310 g/mol. The minimum atomic E-state index is -0.107. The van der Waals surface area contributed by atoms with Crippen molar-refractivity contribution in [3.8, 4) is 0 Å². The van der Waals surface area contributed by atoms with Crippen LogP contribution >= 0.6 is 12.4 Å². The summed E-state index contributed by atoms with van der Waals surface area (Å²) in [6.07, 6.45) is 0. The van der Waals surface area contributed by atoms with Crippen LogP contribution < -0.4 is 5.73 Å². The summed E-state index contributed by atoms with van der Waals surface area (Å²) in [5.41, 5.74) is 7.26. The molecular formula is C16H23ClN2O2. The first kappa shape index (κ1) is 17.5. The summed E-state index contributed by atoms with van der Waals surface area (Å²) < 4.78 is 5.71. The van der Waals surface area contributed by atoms with Crippen molar-refractivity contribution in [3.05, 3.63) is 35.6 Å². The van der Waals surface area contributed by atoms with E-state index in [0.717, 1.165) is 16.5 Å². The molecule has 21 heavy (non-hydrogen) atoms. The van der Waals surface area contributed by atoms with Crippen LogP contribution in [0.5, 0.6) is 0 Å². The van der Waals surface area contributed by atoms with Gasteiger partial charge in [0.2, 0.25) is 0 Å². The van der Waals surface area contributed by atoms with Gasteiger partial charge in [0.15, 0.2) is 5.76 Å². The van der Waals surface area contributed by atoms with Crippen molar-refractivity contribution in [1.29, 1.82) is 0 Å². The number of benzene rings is 1. The summed E-state index contributed by atoms with van der Waals surface area (Å²) in [6.45, 7) is 7.13. The number of nitrogens with two attached hydrogens (primary N) is 1. The molecule has 0 aliphatic rings. The summed E-state index contributed by atoms with van der Waals surface area (Å²) in [7, 11) is 1.78. The van der Waals surface area contributed by atoms with Gasteiger partial charge >= 0.3 is 0 Å². The molecule has 5 heteroatoms. The van der Waals surface area contributed by atoms with Gasteiger partial charge in [-0.3, -0.25) is 4.79 Å². The summed E-state index contributed by atoms with van der Waals surface area (Å²) in [4.78, 5) is 14.2. The standard InChI is InChI=1S/C16H22N2O2.ClH/c1-11-12-7-5-6-8-13(12)20-14(11)15(19)18(4)10-16(2,3)9-17;/h5-8H,9-10,17H2,1-4H3;1H. The lowest BCUT2D eigenvalue weighted by Crippen LogP contribution is -2.39. The van der Waals surface area contributed by atoms with Crippen molar-refractivity contribution >= 4 is 29.3 Å². The lowest BCUT2D eigenvalue weighted by molar-refractivity contribution is 0.0710. The topological polar surface area (TPSA) is 59.5 Å². The molecule has 2 N–H and O–H groups in total. The van der Waals surface area contributed by atoms with Crippen LogP contribution in [-0.2, 0) is 0 Å². The molecule has 0 unspecified atom stereocenters. The van der Waals surface area contributed by atoms with Crippen LogP contribution in [0.1, 0.15) is 30.0 Å². The van der Waals surface area contributed by atoms with Crippen LogP contribution in [-0.4, -0.2) is 30.9 Å². The van der Waals surface area contributed by atoms with Crippen molar-refractivity contribution < 1.29 is 9.21 Å². The number of hydrogen-bond acceptors (Lipinski definition) is 3. The number of carbonyl (C=O) groups is 1. The Kier molecular flexibility index (Phi) is 5.42. The first-order chi connectivity index (χ1) is 9.35. The number of nitrogens with zero attached hydrogens (tertiary/aromatic N) is 1. The highest BCUT2D eigenvalue weighted by Gasteiger charge is 2.25. The molecule has 1 aromatic heterocycles. The number of rotatable bonds is 4. The average Bonchev–Trinajstić information content (AvgIpc) is 2.75. The van der Waals surface area contributed by atoms with E-state index < -0.39 is 0 Å². The van der Waals surface area contributed by atoms with Crippen molar-refractivity contribution in [1.82, 2.24) is 4.90 Å². The Hall–Kier alpha value is -1.52. The fourth-order valence-electron chi connectivity index (χ4n) is 2.33. The maximum Gasteiger partial charge on any atom is 0.289 e. The third kappa shape index (κ3) is 3.57. The maximum atomic E-state index is 12.5. The molecule has 1 amide bonds. The van der Waals surface area contributed by atoms with Gasteiger partial charge in [-0.2, -0.15) is 0 Å². The number of halogens is 1. The highest BCUT2D eigenvalue weighted by atomic mass is 35.5. The van der Waals surface area contributed by atoms with E-state index in [1.165, 1.54) is 0 Å². The Morgan fingerprint density at radius 1 is 1.33 bits per heavy atom. The predicted molar refractivity (Wildman–Crippen MR) is 88.0 cm³/mol. The Labute approximate surface area is 131 Å². The van der Waals surface area contributed by atoms with Crippen LogP contribution in [0.15, 0.2) is 28.7 Å². The molecule has 0 aliphatic carbocycles. The van der Waals surface area contributed by atoms with Gasteiger partial charge in [-0.1, -0.05) is 32.0 Å². The third-order valence-corrected chi connectivity index (χ3v) is 3.60. The van der Waals surface area contributed by atoms with Crippen LogP contribution in [0.3, 0.4) is 0 Å². The summed E-state index contributed by atoms with van der Waals surface area (Å²) in [6, 6.07) is 7.69. The highest BCUT2D eigenvalue weighted by molar-refractivity contribution is 5.98. The van der Waals surface area contributed by atoms with Gasteiger partial charge in [-0.05, 0) is 24.9 Å². The van der Waals surface area contributed by atoms with E-state index >= 15 is 0 Å². The van der Waals surface area contributed by atoms with Crippen molar-refractivity contribution in [2.45, 2.75) is 20.8 Å². The molecule has 2 rings (SSSR count).